The number of aromatic hydroxyl groups is 1. The predicted molar refractivity (Wildman–Crippen MR) is 73.8 cm³/mol. The van der Waals surface area contributed by atoms with Gasteiger partial charge in [0.2, 0.25) is 0 Å². The first-order chi connectivity index (χ1) is 8.43. The fourth-order valence-corrected chi connectivity index (χ4v) is 1.96. The Hall–Kier alpha value is -1.51. The van der Waals surface area contributed by atoms with Gasteiger partial charge in [0.1, 0.15) is 5.75 Å². The largest absolute Gasteiger partial charge is 0.507 e. The Kier molecular flexibility index (Phi) is 5.20. The van der Waals surface area contributed by atoms with Gasteiger partial charge in [-0.05, 0) is 43.9 Å². The predicted octanol–water partition coefficient (Wildman–Crippen LogP) is 3.26. The van der Waals surface area contributed by atoms with Gasteiger partial charge >= 0.3 is 0 Å². The zero-order valence-corrected chi connectivity index (χ0v) is 11.7. The number of aryl methyl sites for hydroxylation is 1. The summed E-state index contributed by atoms with van der Waals surface area (Å²) in [4.78, 5) is 12.0. The van der Waals surface area contributed by atoms with E-state index in [1.165, 1.54) is 0 Å². The first-order valence-corrected chi connectivity index (χ1v) is 6.54. The minimum absolute atomic E-state index is 0.0447. The van der Waals surface area contributed by atoms with E-state index >= 15 is 0 Å². The van der Waals surface area contributed by atoms with Gasteiger partial charge in [-0.25, -0.2) is 0 Å². The van der Waals surface area contributed by atoms with Crippen LogP contribution in [0, 0.1) is 12.8 Å². The topological polar surface area (TPSA) is 49.3 Å². The van der Waals surface area contributed by atoms with Crippen LogP contribution in [0.25, 0.3) is 0 Å². The molecule has 0 spiro atoms. The maximum absolute atomic E-state index is 12.0. The lowest BCUT2D eigenvalue weighted by Crippen LogP contribution is -2.33. The van der Waals surface area contributed by atoms with Gasteiger partial charge in [0, 0.05) is 6.04 Å². The van der Waals surface area contributed by atoms with Crippen LogP contribution < -0.4 is 5.32 Å². The van der Waals surface area contributed by atoms with E-state index in [9.17, 15) is 9.90 Å². The number of phenols is 1. The molecule has 0 aliphatic rings. The maximum atomic E-state index is 12.0. The number of carbonyl (C=O) groups excluding carboxylic acids is 1. The molecule has 1 rings (SSSR count). The van der Waals surface area contributed by atoms with E-state index in [1.54, 1.807) is 12.1 Å². The fourth-order valence-electron chi connectivity index (χ4n) is 1.96. The van der Waals surface area contributed by atoms with Crippen molar-refractivity contribution in [3.05, 3.63) is 29.3 Å². The molecule has 2 N–H and O–H groups in total. The highest BCUT2D eigenvalue weighted by atomic mass is 16.3. The summed E-state index contributed by atoms with van der Waals surface area (Å²) >= 11 is 0. The second-order valence-electron chi connectivity index (χ2n) is 5.14. The van der Waals surface area contributed by atoms with E-state index in [4.69, 9.17) is 0 Å². The summed E-state index contributed by atoms with van der Waals surface area (Å²) < 4.78 is 0. The summed E-state index contributed by atoms with van der Waals surface area (Å²) in [6.07, 6.45) is 2.06. The Bertz CT molecular complexity index is 415. The summed E-state index contributed by atoms with van der Waals surface area (Å²) in [6, 6.07) is 5.21. The molecule has 18 heavy (non-hydrogen) atoms. The average Bonchev–Trinajstić information content (AvgIpc) is 2.28. The molecule has 3 heteroatoms. The van der Waals surface area contributed by atoms with Crippen molar-refractivity contribution in [2.75, 3.05) is 0 Å². The van der Waals surface area contributed by atoms with Crippen LogP contribution in [0.4, 0.5) is 0 Å². The minimum Gasteiger partial charge on any atom is -0.507 e. The Balaban J connectivity index is 2.65. The molecule has 3 nitrogen and oxygen atoms in total. The van der Waals surface area contributed by atoms with Crippen molar-refractivity contribution in [1.82, 2.24) is 5.32 Å². The third kappa shape index (κ3) is 4.06. The molecule has 0 aliphatic carbocycles. The van der Waals surface area contributed by atoms with E-state index in [2.05, 4.69) is 19.2 Å². The van der Waals surface area contributed by atoms with E-state index in [1.807, 2.05) is 19.9 Å². The van der Waals surface area contributed by atoms with Crippen molar-refractivity contribution in [3.8, 4) is 5.75 Å². The number of hydrogen-bond donors (Lipinski definition) is 2. The zero-order valence-electron chi connectivity index (χ0n) is 11.7. The van der Waals surface area contributed by atoms with Gasteiger partial charge in [0.05, 0.1) is 5.56 Å². The van der Waals surface area contributed by atoms with Crippen LogP contribution in [0.5, 0.6) is 5.75 Å². The summed E-state index contributed by atoms with van der Waals surface area (Å²) in [5, 5.41) is 12.7. The highest BCUT2D eigenvalue weighted by Gasteiger charge is 2.14. The molecule has 1 aromatic carbocycles. The Morgan fingerprint density at radius 3 is 2.61 bits per heavy atom. The van der Waals surface area contributed by atoms with Gasteiger partial charge in [-0.2, -0.15) is 0 Å². The normalized spacial score (nSPS) is 14.0. The monoisotopic (exact) mass is 249 g/mol. The molecule has 2 atom stereocenters. The summed E-state index contributed by atoms with van der Waals surface area (Å²) in [7, 11) is 0. The van der Waals surface area contributed by atoms with Gasteiger partial charge in [0.15, 0.2) is 0 Å². The van der Waals surface area contributed by atoms with E-state index in [-0.39, 0.29) is 17.7 Å². The van der Waals surface area contributed by atoms with E-state index in [0.717, 1.165) is 18.4 Å². The summed E-state index contributed by atoms with van der Waals surface area (Å²) in [5.74, 6) is 0.429. The molecule has 2 unspecified atom stereocenters. The van der Waals surface area contributed by atoms with Crippen LogP contribution in [0.2, 0.25) is 0 Å². The highest BCUT2D eigenvalue weighted by Crippen LogP contribution is 2.19. The molecule has 100 valence electrons. The lowest BCUT2D eigenvalue weighted by Gasteiger charge is -2.18. The molecule has 0 fully saturated rings. The van der Waals surface area contributed by atoms with Crippen LogP contribution in [0.3, 0.4) is 0 Å². The quantitative estimate of drug-likeness (QED) is 0.841. The van der Waals surface area contributed by atoms with Crippen LogP contribution in [0.15, 0.2) is 18.2 Å². The van der Waals surface area contributed by atoms with Crippen molar-refractivity contribution < 1.29 is 9.90 Å². The number of carbonyl (C=O) groups is 1. The molecule has 0 heterocycles. The van der Waals surface area contributed by atoms with Gasteiger partial charge in [-0.3, -0.25) is 4.79 Å². The number of benzene rings is 1. The van der Waals surface area contributed by atoms with Crippen molar-refractivity contribution in [1.29, 1.82) is 0 Å². The molecule has 0 aliphatic heterocycles. The Morgan fingerprint density at radius 2 is 2.06 bits per heavy atom. The molecular weight excluding hydrogens is 226 g/mol. The van der Waals surface area contributed by atoms with Crippen LogP contribution in [0.1, 0.15) is 49.5 Å². The lowest BCUT2D eigenvalue weighted by molar-refractivity contribution is 0.0932. The summed E-state index contributed by atoms with van der Waals surface area (Å²) in [5.41, 5.74) is 1.29. The first-order valence-electron chi connectivity index (χ1n) is 6.54. The third-order valence-electron chi connectivity index (χ3n) is 3.23. The van der Waals surface area contributed by atoms with Crippen LogP contribution in [-0.4, -0.2) is 17.1 Å². The average molecular weight is 249 g/mol. The zero-order chi connectivity index (χ0) is 13.7. The molecule has 1 amide bonds. The standard InChI is InChI=1S/C15H23NO2/c1-5-10(2)8-12(4)16-15(18)13-7-6-11(3)9-14(13)17/h6-7,9-10,12,17H,5,8H2,1-4H3,(H,16,18). The molecule has 0 saturated heterocycles. The maximum Gasteiger partial charge on any atom is 0.255 e. The molecule has 1 aromatic rings. The highest BCUT2D eigenvalue weighted by molar-refractivity contribution is 5.97. The number of phenolic OH excluding ortho intramolecular Hbond substituents is 1. The van der Waals surface area contributed by atoms with Gasteiger partial charge in [-0.1, -0.05) is 26.3 Å². The SMILES string of the molecule is CCC(C)CC(C)NC(=O)c1ccc(C)cc1O. The smallest absolute Gasteiger partial charge is 0.255 e. The van der Waals surface area contributed by atoms with Crippen molar-refractivity contribution >= 4 is 5.91 Å². The molecule has 0 bridgehead atoms. The van der Waals surface area contributed by atoms with Crippen LogP contribution >= 0.6 is 0 Å². The summed E-state index contributed by atoms with van der Waals surface area (Å²) in [6.45, 7) is 8.19. The molecule has 0 aromatic heterocycles. The van der Waals surface area contributed by atoms with Gasteiger partial charge < -0.3 is 10.4 Å². The Labute approximate surface area is 109 Å². The van der Waals surface area contributed by atoms with E-state index in [0.29, 0.717) is 11.5 Å². The minimum atomic E-state index is -0.205. The fraction of sp³-hybridized carbons (Fsp3) is 0.533. The number of hydrogen-bond acceptors (Lipinski definition) is 2. The van der Waals surface area contributed by atoms with Gasteiger partial charge in [-0.15, -0.1) is 0 Å². The molecular formula is C15H23NO2. The van der Waals surface area contributed by atoms with E-state index < -0.39 is 0 Å². The first kappa shape index (κ1) is 14.6. The second-order valence-corrected chi connectivity index (χ2v) is 5.14. The van der Waals surface area contributed by atoms with Crippen molar-refractivity contribution in [2.45, 2.75) is 46.6 Å². The van der Waals surface area contributed by atoms with Gasteiger partial charge in [0.25, 0.3) is 5.91 Å². The van der Waals surface area contributed by atoms with Crippen molar-refractivity contribution in [2.24, 2.45) is 5.92 Å². The number of rotatable bonds is 5. The number of nitrogens with one attached hydrogen (secondary N) is 1. The molecule has 0 saturated carbocycles. The number of amides is 1. The Morgan fingerprint density at radius 1 is 1.39 bits per heavy atom. The van der Waals surface area contributed by atoms with Crippen LogP contribution in [-0.2, 0) is 0 Å². The lowest BCUT2D eigenvalue weighted by atomic mass is 10.00. The third-order valence-corrected chi connectivity index (χ3v) is 3.23. The van der Waals surface area contributed by atoms with Crippen molar-refractivity contribution in [3.63, 3.8) is 0 Å². The molecule has 0 radical (unpaired) electrons. The second kappa shape index (κ2) is 6.43.